The summed E-state index contributed by atoms with van der Waals surface area (Å²) in [7, 11) is 1.97. The van der Waals surface area contributed by atoms with Gasteiger partial charge >= 0.3 is 0 Å². The summed E-state index contributed by atoms with van der Waals surface area (Å²) >= 11 is 0. The molecule has 20 heavy (non-hydrogen) atoms. The van der Waals surface area contributed by atoms with Gasteiger partial charge in [-0.1, -0.05) is 30.3 Å². The highest BCUT2D eigenvalue weighted by molar-refractivity contribution is 5.87. The number of fused-ring (bicyclic) bond motifs is 1. The third-order valence-electron chi connectivity index (χ3n) is 3.85. The fourth-order valence-electron chi connectivity index (χ4n) is 2.73. The quantitative estimate of drug-likeness (QED) is 0.907. The lowest BCUT2D eigenvalue weighted by molar-refractivity contribution is 0.167. The Labute approximate surface area is 119 Å². The van der Waals surface area contributed by atoms with Crippen molar-refractivity contribution in [1.29, 1.82) is 0 Å². The summed E-state index contributed by atoms with van der Waals surface area (Å²) in [6.45, 7) is 3.26. The molecule has 1 N–H and O–H groups in total. The van der Waals surface area contributed by atoms with Crippen molar-refractivity contribution >= 4 is 10.8 Å². The lowest BCUT2D eigenvalue weighted by Crippen LogP contribution is -2.14. The van der Waals surface area contributed by atoms with Crippen molar-refractivity contribution in [1.82, 2.24) is 5.32 Å². The van der Waals surface area contributed by atoms with E-state index in [2.05, 4.69) is 41.7 Å². The van der Waals surface area contributed by atoms with E-state index in [-0.39, 0.29) is 0 Å². The molecule has 1 atom stereocenters. The summed E-state index contributed by atoms with van der Waals surface area (Å²) in [4.78, 5) is 0. The van der Waals surface area contributed by atoms with Crippen LogP contribution in [0.4, 0.5) is 0 Å². The van der Waals surface area contributed by atoms with Gasteiger partial charge in [-0.15, -0.1) is 0 Å². The van der Waals surface area contributed by atoms with Crippen LogP contribution in [0, 0.1) is 5.92 Å². The van der Waals surface area contributed by atoms with E-state index in [1.807, 2.05) is 7.05 Å². The van der Waals surface area contributed by atoms with E-state index >= 15 is 0 Å². The number of hydrogen-bond acceptors (Lipinski definition) is 3. The van der Waals surface area contributed by atoms with Crippen LogP contribution in [0.2, 0.25) is 0 Å². The van der Waals surface area contributed by atoms with E-state index in [0.29, 0.717) is 5.92 Å². The maximum atomic E-state index is 6.06. The molecule has 3 rings (SSSR count). The highest BCUT2D eigenvalue weighted by atomic mass is 16.5. The average Bonchev–Trinajstić information content (AvgIpc) is 3.00. The molecule has 106 valence electrons. The van der Waals surface area contributed by atoms with Crippen molar-refractivity contribution in [3.05, 3.63) is 42.0 Å². The molecule has 0 amide bonds. The molecular formula is C17H21NO2. The van der Waals surface area contributed by atoms with Crippen LogP contribution in [-0.2, 0) is 11.3 Å². The fourth-order valence-corrected chi connectivity index (χ4v) is 2.73. The van der Waals surface area contributed by atoms with E-state index in [9.17, 15) is 0 Å². The van der Waals surface area contributed by atoms with Gasteiger partial charge in [-0.3, -0.25) is 0 Å². The lowest BCUT2D eigenvalue weighted by atomic mass is 10.0. The van der Waals surface area contributed by atoms with Gasteiger partial charge in [0.25, 0.3) is 0 Å². The van der Waals surface area contributed by atoms with Crippen LogP contribution < -0.4 is 10.1 Å². The Kier molecular flexibility index (Phi) is 4.19. The van der Waals surface area contributed by atoms with Crippen LogP contribution in [0.1, 0.15) is 12.0 Å². The molecule has 0 bridgehead atoms. The van der Waals surface area contributed by atoms with Gasteiger partial charge in [0.05, 0.1) is 13.2 Å². The Morgan fingerprint density at radius 3 is 2.95 bits per heavy atom. The Hall–Kier alpha value is -1.58. The second-order valence-corrected chi connectivity index (χ2v) is 5.33. The number of rotatable bonds is 5. The van der Waals surface area contributed by atoms with Crippen LogP contribution in [-0.4, -0.2) is 26.9 Å². The molecule has 1 unspecified atom stereocenters. The average molecular weight is 271 g/mol. The minimum atomic E-state index is 0.531. The van der Waals surface area contributed by atoms with Crippen molar-refractivity contribution in [2.45, 2.75) is 13.0 Å². The summed E-state index contributed by atoms with van der Waals surface area (Å²) in [5.74, 6) is 1.52. The van der Waals surface area contributed by atoms with Crippen molar-refractivity contribution in [3.63, 3.8) is 0 Å². The van der Waals surface area contributed by atoms with E-state index in [1.165, 1.54) is 16.3 Å². The van der Waals surface area contributed by atoms with Crippen molar-refractivity contribution in [2.75, 3.05) is 26.9 Å². The van der Waals surface area contributed by atoms with Crippen molar-refractivity contribution in [2.24, 2.45) is 5.92 Å². The molecular weight excluding hydrogens is 250 g/mol. The van der Waals surface area contributed by atoms with Gasteiger partial charge in [0.15, 0.2) is 0 Å². The fraction of sp³-hybridized carbons (Fsp3) is 0.412. The topological polar surface area (TPSA) is 30.5 Å². The molecule has 3 heteroatoms. The second-order valence-electron chi connectivity index (χ2n) is 5.33. The third-order valence-corrected chi connectivity index (χ3v) is 3.85. The monoisotopic (exact) mass is 271 g/mol. The van der Waals surface area contributed by atoms with Crippen molar-refractivity contribution in [3.8, 4) is 5.75 Å². The standard InChI is InChI=1S/C17H21NO2/c1-18-10-16-15-5-3-2-4-14(15)6-7-17(16)20-12-13-8-9-19-11-13/h2-7,13,18H,8-12H2,1H3. The molecule has 0 spiro atoms. The van der Waals surface area contributed by atoms with Gasteiger partial charge in [0.1, 0.15) is 5.75 Å². The molecule has 2 aromatic rings. The Bertz CT molecular complexity index is 576. The van der Waals surface area contributed by atoms with Gasteiger partial charge in [-0.2, -0.15) is 0 Å². The number of benzene rings is 2. The summed E-state index contributed by atoms with van der Waals surface area (Å²) in [5.41, 5.74) is 1.24. The van der Waals surface area contributed by atoms with Crippen LogP contribution in [0.3, 0.4) is 0 Å². The van der Waals surface area contributed by atoms with Gasteiger partial charge in [0.2, 0.25) is 0 Å². The SMILES string of the molecule is CNCc1c(OCC2CCOC2)ccc2ccccc12. The Morgan fingerprint density at radius 1 is 1.25 bits per heavy atom. The first-order valence-corrected chi connectivity index (χ1v) is 7.24. The zero-order chi connectivity index (χ0) is 13.8. The first-order chi connectivity index (χ1) is 9.88. The Balaban J connectivity index is 1.86. The minimum Gasteiger partial charge on any atom is -0.493 e. The molecule has 1 saturated heterocycles. The van der Waals surface area contributed by atoms with Crippen molar-refractivity contribution < 1.29 is 9.47 Å². The molecule has 0 radical (unpaired) electrons. The number of hydrogen-bond donors (Lipinski definition) is 1. The molecule has 0 aliphatic carbocycles. The first kappa shape index (κ1) is 13.4. The first-order valence-electron chi connectivity index (χ1n) is 7.24. The smallest absolute Gasteiger partial charge is 0.124 e. The second kappa shape index (κ2) is 6.25. The van der Waals surface area contributed by atoms with E-state index in [4.69, 9.17) is 9.47 Å². The summed E-state index contributed by atoms with van der Waals surface area (Å²) < 4.78 is 11.5. The van der Waals surface area contributed by atoms with Gasteiger partial charge in [-0.25, -0.2) is 0 Å². The molecule has 1 aliphatic rings. The lowest BCUT2D eigenvalue weighted by Gasteiger charge is -2.16. The predicted molar refractivity (Wildman–Crippen MR) is 81.1 cm³/mol. The molecule has 1 heterocycles. The molecule has 1 fully saturated rings. The minimum absolute atomic E-state index is 0.531. The number of ether oxygens (including phenoxy) is 2. The largest absolute Gasteiger partial charge is 0.493 e. The molecule has 2 aromatic carbocycles. The molecule has 0 aromatic heterocycles. The highest BCUT2D eigenvalue weighted by Crippen LogP contribution is 2.29. The predicted octanol–water partition coefficient (Wildman–Crippen LogP) is 2.97. The van der Waals surface area contributed by atoms with E-state index < -0.39 is 0 Å². The van der Waals surface area contributed by atoms with Crippen LogP contribution >= 0.6 is 0 Å². The van der Waals surface area contributed by atoms with Crippen LogP contribution in [0.25, 0.3) is 10.8 Å². The molecule has 1 aliphatic heterocycles. The zero-order valence-electron chi connectivity index (χ0n) is 11.9. The van der Waals surface area contributed by atoms with Gasteiger partial charge < -0.3 is 14.8 Å². The summed E-state index contributed by atoms with van der Waals surface area (Å²) in [6.07, 6.45) is 1.11. The van der Waals surface area contributed by atoms with Gasteiger partial charge in [0, 0.05) is 24.6 Å². The summed E-state index contributed by atoms with van der Waals surface area (Å²) in [5, 5.41) is 5.76. The molecule has 0 saturated carbocycles. The molecule has 3 nitrogen and oxygen atoms in total. The van der Waals surface area contributed by atoms with Crippen LogP contribution in [0.5, 0.6) is 5.75 Å². The normalized spacial score (nSPS) is 18.6. The third kappa shape index (κ3) is 2.79. The maximum Gasteiger partial charge on any atom is 0.124 e. The maximum absolute atomic E-state index is 6.06. The summed E-state index contributed by atoms with van der Waals surface area (Å²) in [6, 6.07) is 12.7. The zero-order valence-corrected chi connectivity index (χ0v) is 11.9. The number of nitrogens with one attached hydrogen (secondary N) is 1. The van der Waals surface area contributed by atoms with Crippen LogP contribution in [0.15, 0.2) is 36.4 Å². The van der Waals surface area contributed by atoms with E-state index in [0.717, 1.165) is 38.5 Å². The van der Waals surface area contributed by atoms with Gasteiger partial charge in [-0.05, 0) is 30.3 Å². The Morgan fingerprint density at radius 2 is 2.15 bits per heavy atom. The highest BCUT2D eigenvalue weighted by Gasteiger charge is 2.17. The van der Waals surface area contributed by atoms with E-state index in [1.54, 1.807) is 0 Å².